The van der Waals surface area contributed by atoms with Gasteiger partial charge in [-0.05, 0) is 60.8 Å². The van der Waals surface area contributed by atoms with E-state index in [1.807, 2.05) is 6.92 Å². The smallest absolute Gasteiger partial charge is 0.303 e. The molecule has 2 aliphatic carbocycles. The van der Waals surface area contributed by atoms with Gasteiger partial charge in [0.15, 0.2) is 0 Å². The molecule has 2 rings (SSSR count). The second-order valence-corrected chi connectivity index (χ2v) is 9.51. The van der Waals surface area contributed by atoms with Crippen LogP contribution in [0, 0.1) is 28.6 Å². The largest absolute Gasteiger partial charge is 0.481 e. The molecule has 0 unspecified atom stereocenters. The Bertz CT molecular complexity index is 585. The van der Waals surface area contributed by atoms with E-state index in [0.29, 0.717) is 13.0 Å². The van der Waals surface area contributed by atoms with Crippen LogP contribution >= 0.6 is 0 Å². The summed E-state index contributed by atoms with van der Waals surface area (Å²) < 4.78 is 5.41. The van der Waals surface area contributed by atoms with Crippen LogP contribution in [0.2, 0.25) is 0 Å². The van der Waals surface area contributed by atoms with Crippen LogP contribution in [0.15, 0.2) is 12.2 Å². The Balaban J connectivity index is 2.22. The molecule has 0 aromatic heterocycles. The third-order valence-electron chi connectivity index (χ3n) is 7.31. The fourth-order valence-electron chi connectivity index (χ4n) is 5.82. The number of carbonyl (C=O) groups excluding carboxylic acids is 1. The molecule has 2 fully saturated rings. The summed E-state index contributed by atoms with van der Waals surface area (Å²) in [7, 11) is 0. The SMILES string of the molecule is C=C1[C@H](O)C[C@H]2[C@](C)(COC(C)=O)CCC[C@]2(C)[C@H]1CC[C@@H](C)CC(=O)O. The van der Waals surface area contributed by atoms with Crippen LogP contribution in [-0.2, 0) is 14.3 Å². The number of hydrogen-bond acceptors (Lipinski definition) is 4. The van der Waals surface area contributed by atoms with Crippen molar-refractivity contribution in [3.8, 4) is 0 Å². The molecule has 154 valence electrons. The molecule has 2 aliphatic rings. The van der Waals surface area contributed by atoms with Gasteiger partial charge < -0.3 is 14.9 Å². The van der Waals surface area contributed by atoms with Gasteiger partial charge in [0.1, 0.15) is 0 Å². The van der Waals surface area contributed by atoms with Crippen LogP contribution in [-0.4, -0.2) is 34.9 Å². The zero-order chi connectivity index (χ0) is 20.4. The van der Waals surface area contributed by atoms with Crippen molar-refractivity contribution < 1.29 is 24.5 Å². The Morgan fingerprint density at radius 2 is 2.00 bits per heavy atom. The summed E-state index contributed by atoms with van der Waals surface area (Å²) in [6, 6.07) is 0. The number of fused-ring (bicyclic) bond motifs is 1. The van der Waals surface area contributed by atoms with Crippen molar-refractivity contribution >= 4 is 11.9 Å². The van der Waals surface area contributed by atoms with Crippen LogP contribution in [0.25, 0.3) is 0 Å². The van der Waals surface area contributed by atoms with Crippen molar-refractivity contribution in [1.82, 2.24) is 0 Å². The van der Waals surface area contributed by atoms with Gasteiger partial charge in [-0.15, -0.1) is 0 Å². The Morgan fingerprint density at radius 3 is 2.59 bits per heavy atom. The zero-order valence-corrected chi connectivity index (χ0v) is 17.3. The third kappa shape index (κ3) is 4.74. The molecule has 0 amide bonds. The molecule has 0 aliphatic heterocycles. The summed E-state index contributed by atoms with van der Waals surface area (Å²) in [5, 5.41) is 19.7. The van der Waals surface area contributed by atoms with Crippen molar-refractivity contribution in [1.29, 1.82) is 0 Å². The standard InChI is InChI=1S/C22H36O5/c1-14(11-20(25)26)7-8-17-15(2)18(24)12-19-21(4,13-27-16(3)23)9-6-10-22(17,19)5/h14,17-19,24H,2,6-13H2,1,3-5H3,(H,25,26)/t14-,17+,18-,19+,21+,22-/m1/s1. The van der Waals surface area contributed by atoms with Gasteiger partial charge in [-0.2, -0.15) is 0 Å². The van der Waals surface area contributed by atoms with Gasteiger partial charge in [0, 0.05) is 18.8 Å². The van der Waals surface area contributed by atoms with Gasteiger partial charge in [-0.3, -0.25) is 9.59 Å². The predicted octanol–water partition coefficient (Wildman–Crippen LogP) is 4.19. The van der Waals surface area contributed by atoms with Gasteiger partial charge in [0.2, 0.25) is 0 Å². The molecule has 2 saturated carbocycles. The quantitative estimate of drug-likeness (QED) is 0.511. The lowest BCUT2D eigenvalue weighted by Crippen LogP contribution is -2.55. The minimum atomic E-state index is -0.763. The molecule has 6 atom stereocenters. The first-order valence-corrected chi connectivity index (χ1v) is 10.2. The molecule has 27 heavy (non-hydrogen) atoms. The first-order valence-electron chi connectivity index (χ1n) is 10.2. The van der Waals surface area contributed by atoms with E-state index in [1.54, 1.807) is 0 Å². The topological polar surface area (TPSA) is 83.8 Å². The molecule has 0 aromatic carbocycles. The van der Waals surface area contributed by atoms with Crippen LogP contribution in [0.1, 0.15) is 72.6 Å². The average molecular weight is 381 g/mol. The number of ether oxygens (including phenoxy) is 1. The molecule has 0 radical (unpaired) electrons. The highest BCUT2D eigenvalue weighted by molar-refractivity contribution is 5.67. The lowest BCUT2D eigenvalue weighted by molar-refractivity contribution is -0.155. The maximum atomic E-state index is 11.4. The lowest BCUT2D eigenvalue weighted by atomic mass is 9.46. The highest BCUT2D eigenvalue weighted by Gasteiger charge is 2.56. The lowest BCUT2D eigenvalue weighted by Gasteiger charge is -2.59. The fraction of sp³-hybridized carbons (Fsp3) is 0.818. The number of carboxylic acids is 1. The van der Waals surface area contributed by atoms with Gasteiger partial charge in [-0.25, -0.2) is 0 Å². The number of carbonyl (C=O) groups is 2. The number of aliphatic carboxylic acids is 1. The highest BCUT2D eigenvalue weighted by atomic mass is 16.5. The highest BCUT2D eigenvalue weighted by Crippen LogP contribution is 2.62. The Labute approximate surface area is 163 Å². The molecule has 5 nitrogen and oxygen atoms in total. The molecular weight excluding hydrogens is 344 g/mol. The zero-order valence-electron chi connectivity index (χ0n) is 17.3. The summed E-state index contributed by atoms with van der Waals surface area (Å²) in [5.74, 6) is -0.505. The van der Waals surface area contributed by atoms with Crippen molar-refractivity contribution in [3.63, 3.8) is 0 Å². The molecule has 0 bridgehead atoms. The number of aliphatic hydroxyl groups is 1. The number of carboxylic acid groups (broad SMARTS) is 1. The first-order chi connectivity index (χ1) is 12.5. The van der Waals surface area contributed by atoms with Crippen molar-refractivity contribution in [2.75, 3.05) is 6.61 Å². The Kier molecular flexibility index (Phi) is 6.77. The summed E-state index contributed by atoms with van der Waals surface area (Å²) in [5.41, 5.74) is 0.741. The van der Waals surface area contributed by atoms with Crippen LogP contribution in [0.3, 0.4) is 0 Å². The molecule has 0 heterocycles. The normalized spacial score (nSPS) is 37.4. The van der Waals surface area contributed by atoms with E-state index in [4.69, 9.17) is 9.84 Å². The van der Waals surface area contributed by atoms with E-state index in [2.05, 4.69) is 20.4 Å². The molecular formula is C22H36O5. The average Bonchev–Trinajstić information content (AvgIpc) is 2.55. The number of aliphatic hydroxyl groups excluding tert-OH is 1. The maximum Gasteiger partial charge on any atom is 0.303 e. The van der Waals surface area contributed by atoms with Crippen LogP contribution < -0.4 is 0 Å². The van der Waals surface area contributed by atoms with Crippen molar-refractivity contribution in [2.45, 2.75) is 78.7 Å². The number of rotatable bonds is 7. The summed E-state index contributed by atoms with van der Waals surface area (Å²) in [6.07, 6.45) is 5.07. The van der Waals surface area contributed by atoms with E-state index in [1.165, 1.54) is 6.92 Å². The number of esters is 1. The van der Waals surface area contributed by atoms with E-state index in [9.17, 15) is 14.7 Å². The Hall–Kier alpha value is -1.36. The van der Waals surface area contributed by atoms with Crippen LogP contribution in [0.5, 0.6) is 0 Å². The molecule has 5 heteroatoms. The van der Waals surface area contributed by atoms with E-state index < -0.39 is 12.1 Å². The Morgan fingerprint density at radius 1 is 1.33 bits per heavy atom. The summed E-state index contributed by atoms with van der Waals surface area (Å²) in [6.45, 7) is 12.5. The second-order valence-electron chi connectivity index (χ2n) is 9.51. The second kappa shape index (κ2) is 8.34. The van der Waals surface area contributed by atoms with Crippen molar-refractivity contribution in [2.24, 2.45) is 28.6 Å². The van der Waals surface area contributed by atoms with Gasteiger partial charge in [-0.1, -0.05) is 33.8 Å². The fourth-order valence-corrected chi connectivity index (χ4v) is 5.82. The summed E-state index contributed by atoms with van der Waals surface area (Å²) in [4.78, 5) is 22.4. The summed E-state index contributed by atoms with van der Waals surface area (Å²) >= 11 is 0. The molecule has 0 saturated heterocycles. The minimum absolute atomic E-state index is 0.00753. The van der Waals surface area contributed by atoms with Crippen molar-refractivity contribution in [3.05, 3.63) is 12.2 Å². The van der Waals surface area contributed by atoms with E-state index in [-0.39, 0.29) is 41.0 Å². The monoisotopic (exact) mass is 380 g/mol. The van der Waals surface area contributed by atoms with E-state index in [0.717, 1.165) is 37.7 Å². The minimum Gasteiger partial charge on any atom is -0.481 e. The molecule has 0 aromatic rings. The maximum absolute atomic E-state index is 11.4. The van der Waals surface area contributed by atoms with Gasteiger partial charge in [0.25, 0.3) is 0 Å². The number of hydrogen-bond donors (Lipinski definition) is 2. The first kappa shape index (κ1) is 21.9. The van der Waals surface area contributed by atoms with Gasteiger partial charge in [0.05, 0.1) is 12.7 Å². The van der Waals surface area contributed by atoms with Crippen LogP contribution in [0.4, 0.5) is 0 Å². The van der Waals surface area contributed by atoms with Gasteiger partial charge >= 0.3 is 11.9 Å². The predicted molar refractivity (Wildman–Crippen MR) is 104 cm³/mol. The third-order valence-corrected chi connectivity index (χ3v) is 7.31. The van der Waals surface area contributed by atoms with E-state index >= 15 is 0 Å². The molecule has 0 spiro atoms. The molecule has 2 N–H and O–H groups in total.